The van der Waals surface area contributed by atoms with Crippen LogP contribution in [0, 0.1) is 0 Å². The van der Waals surface area contributed by atoms with Crippen molar-refractivity contribution in [2.75, 3.05) is 6.61 Å². The van der Waals surface area contributed by atoms with Crippen LogP contribution in [0.3, 0.4) is 0 Å². The minimum absolute atomic E-state index is 0.0623. The zero-order valence-corrected chi connectivity index (χ0v) is 18.4. The van der Waals surface area contributed by atoms with E-state index >= 15 is 0 Å². The van der Waals surface area contributed by atoms with Gasteiger partial charge in [-0.05, 0) is 25.7 Å². The van der Waals surface area contributed by atoms with Gasteiger partial charge in [0.05, 0.1) is 0 Å². The van der Waals surface area contributed by atoms with Crippen molar-refractivity contribution in [1.29, 1.82) is 0 Å². The van der Waals surface area contributed by atoms with Crippen LogP contribution in [0.2, 0.25) is 0 Å². The summed E-state index contributed by atoms with van der Waals surface area (Å²) in [7, 11) is 0. The SMILES string of the molecule is CCCCCCCCC/C=C/COC(=O)/C=C/C(=O)OC(CCC)CCCC. The number of allylic oxidation sites excluding steroid dienone is 1. The third-order valence-electron chi connectivity index (χ3n) is 4.59. The monoisotopic (exact) mass is 394 g/mol. The molecular weight excluding hydrogens is 352 g/mol. The number of rotatable bonds is 18. The van der Waals surface area contributed by atoms with E-state index in [1.165, 1.54) is 51.0 Å². The molecule has 0 aromatic rings. The standard InChI is InChI=1S/C24H42O4/c1-4-7-9-10-11-12-13-14-15-16-21-27-23(25)19-20-24(26)28-22(17-6-3)18-8-5-2/h15-16,19-20,22H,4-14,17-18,21H2,1-3H3/b16-15+,20-19+. The fourth-order valence-corrected chi connectivity index (χ4v) is 2.94. The maximum Gasteiger partial charge on any atom is 0.331 e. The van der Waals surface area contributed by atoms with Gasteiger partial charge in [-0.25, -0.2) is 9.59 Å². The molecule has 0 aromatic carbocycles. The lowest BCUT2D eigenvalue weighted by Gasteiger charge is -2.15. The first-order valence-corrected chi connectivity index (χ1v) is 11.3. The van der Waals surface area contributed by atoms with Crippen molar-refractivity contribution < 1.29 is 19.1 Å². The summed E-state index contributed by atoms with van der Waals surface area (Å²) in [5.41, 5.74) is 0. The fourth-order valence-electron chi connectivity index (χ4n) is 2.94. The van der Waals surface area contributed by atoms with Crippen molar-refractivity contribution in [3.63, 3.8) is 0 Å². The second kappa shape index (κ2) is 20.2. The topological polar surface area (TPSA) is 52.6 Å². The molecular formula is C24H42O4. The summed E-state index contributed by atoms with van der Waals surface area (Å²) < 4.78 is 10.5. The predicted octanol–water partition coefficient (Wildman–Crippen LogP) is 6.68. The van der Waals surface area contributed by atoms with Crippen LogP contribution in [0.1, 0.15) is 104 Å². The molecule has 4 nitrogen and oxygen atoms in total. The molecule has 0 amide bonds. The Morgan fingerprint density at radius 1 is 0.714 bits per heavy atom. The first-order chi connectivity index (χ1) is 13.6. The van der Waals surface area contributed by atoms with Crippen LogP contribution < -0.4 is 0 Å². The largest absolute Gasteiger partial charge is 0.459 e. The number of carbonyl (C=O) groups excluding carboxylic acids is 2. The van der Waals surface area contributed by atoms with Crippen LogP contribution >= 0.6 is 0 Å². The molecule has 4 heteroatoms. The van der Waals surface area contributed by atoms with E-state index in [1.54, 1.807) is 0 Å². The first-order valence-electron chi connectivity index (χ1n) is 11.3. The van der Waals surface area contributed by atoms with Crippen molar-refractivity contribution in [3.8, 4) is 0 Å². The smallest absolute Gasteiger partial charge is 0.331 e. The zero-order valence-electron chi connectivity index (χ0n) is 18.4. The lowest BCUT2D eigenvalue weighted by molar-refractivity contribution is -0.144. The van der Waals surface area contributed by atoms with Crippen LogP contribution in [0.25, 0.3) is 0 Å². The van der Waals surface area contributed by atoms with Crippen LogP contribution in [0.5, 0.6) is 0 Å². The minimum atomic E-state index is -0.516. The van der Waals surface area contributed by atoms with E-state index in [1.807, 2.05) is 6.08 Å². The Morgan fingerprint density at radius 3 is 2.04 bits per heavy atom. The van der Waals surface area contributed by atoms with Gasteiger partial charge in [0.2, 0.25) is 0 Å². The summed E-state index contributed by atoms with van der Waals surface area (Å²) in [6.45, 7) is 6.66. The van der Waals surface area contributed by atoms with E-state index in [4.69, 9.17) is 9.47 Å². The molecule has 0 aliphatic rings. The number of esters is 2. The Labute approximate surface area is 172 Å². The maximum absolute atomic E-state index is 11.8. The van der Waals surface area contributed by atoms with Gasteiger partial charge < -0.3 is 9.47 Å². The molecule has 0 aromatic heterocycles. The van der Waals surface area contributed by atoms with Gasteiger partial charge in [0.1, 0.15) is 12.7 Å². The quantitative estimate of drug-likeness (QED) is 0.112. The van der Waals surface area contributed by atoms with Crippen molar-refractivity contribution in [3.05, 3.63) is 24.3 Å². The molecule has 0 bridgehead atoms. The van der Waals surface area contributed by atoms with Gasteiger partial charge >= 0.3 is 11.9 Å². The molecule has 0 radical (unpaired) electrons. The highest BCUT2D eigenvalue weighted by Crippen LogP contribution is 2.11. The molecule has 0 fully saturated rings. The lowest BCUT2D eigenvalue weighted by atomic mass is 10.1. The zero-order chi connectivity index (χ0) is 20.9. The van der Waals surface area contributed by atoms with Gasteiger partial charge in [0, 0.05) is 12.2 Å². The summed E-state index contributed by atoms with van der Waals surface area (Å²) in [5.74, 6) is -0.987. The highest BCUT2D eigenvalue weighted by molar-refractivity contribution is 5.91. The lowest BCUT2D eigenvalue weighted by Crippen LogP contribution is -2.17. The first kappa shape index (κ1) is 26.4. The van der Waals surface area contributed by atoms with Gasteiger partial charge in [-0.1, -0.05) is 90.7 Å². The van der Waals surface area contributed by atoms with Crippen molar-refractivity contribution in [1.82, 2.24) is 0 Å². The van der Waals surface area contributed by atoms with E-state index in [0.29, 0.717) is 0 Å². The third-order valence-corrected chi connectivity index (χ3v) is 4.59. The van der Waals surface area contributed by atoms with Gasteiger partial charge in [-0.2, -0.15) is 0 Å². The minimum Gasteiger partial charge on any atom is -0.459 e. The Morgan fingerprint density at radius 2 is 1.36 bits per heavy atom. The molecule has 162 valence electrons. The summed E-state index contributed by atoms with van der Waals surface area (Å²) in [4.78, 5) is 23.5. The van der Waals surface area contributed by atoms with Crippen LogP contribution in [-0.2, 0) is 19.1 Å². The Bertz CT molecular complexity index is 440. The molecule has 0 aliphatic carbocycles. The van der Waals surface area contributed by atoms with E-state index in [9.17, 15) is 9.59 Å². The average Bonchev–Trinajstić information content (AvgIpc) is 2.68. The molecule has 0 heterocycles. The predicted molar refractivity (Wildman–Crippen MR) is 116 cm³/mol. The van der Waals surface area contributed by atoms with Crippen molar-refractivity contribution in [2.24, 2.45) is 0 Å². The second-order valence-electron chi connectivity index (χ2n) is 7.33. The molecule has 1 unspecified atom stereocenters. The normalized spacial score (nSPS) is 12.5. The van der Waals surface area contributed by atoms with E-state index in [2.05, 4.69) is 26.8 Å². The van der Waals surface area contributed by atoms with Crippen molar-refractivity contribution >= 4 is 11.9 Å². The molecule has 0 spiro atoms. The van der Waals surface area contributed by atoms with E-state index < -0.39 is 11.9 Å². The number of hydrogen-bond donors (Lipinski definition) is 0. The second-order valence-corrected chi connectivity index (χ2v) is 7.33. The highest BCUT2D eigenvalue weighted by atomic mass is 16.5. The molecule has 0 rings (SSSR count). The summed E-state index contributed by atoms with van der Waals surface area (Å²) in [5, 5.41) is 0. The van der Waals surface area contributed by atoms with Crippen LogP contribution in [0.4, 0.5) is 0 Å². The van der Waals surface area contributed by atoms with Gasteiger partial charge in [0.15, 0.2) is 0 Å². The Balaban J connectivity index is 3.81. The molecule has 28 heavy (non-hydrogen) atoms. The summed E-state index contributed by atoms with van der Waals surface area (Å²) >= 11 is 0. The van der Waals surface area contributed by atoms with Crippen LogP contribution in [-0.4, -0.2) is 24.6 Å². The van der Waals surface area contributed by atoms with Gasteiger partial charge in [-0.3, -0.25) is 0 Å². The fraction of sp³-hybridized carbons (Fsp3) is 0.750. The Kier molecular flexibility index (Phi) is 19.0. The molecule has 1 atom stereocenters. The number of unbranched alkanes of at least 4 members (excludes halogenated alkanes) is 8. The molecule has 0 N–H and O–H groups in total. The van der Waals surface area contributed by atoms with E-state index in [0.717, 1.165) is 44.6 Å². The van der Waals surface area contributed by atoms with Crippen LogP contribution in [0.15, 0.2) is 24.3 Å². The molecule has 0 aliphatic heterocycles. The van der Waals surface area contributed by atoms with E-state index in [-0.39, 0.29) is 12.7 Å². The van der Waals surface area contributed by atoms with Gasteiger partial charge in [-0.15, -0.1) is 0 Å². The number of ether oxygens (including phenoxy) is 2. The number of carbonyl (C=O) groups is 2. The van der Waals surface area contributed by atoms with Gasteiger partial charge in [0.25, 0.3) is 0 Å². The Hall–Kier alpha value is -1.58. The number of hydrogen-bond acceptors (Lipinski definition) is 4. The van der Waals surface area contributed by atoms with Crippen molar-refractivity contribution in [2.45, 2.75) is 110 Å². The maximum atomic E-state index is 11.8. The average molecular weight is 395 g/mol. The third kappa shape index (κ3) is 17.8. The molecule has 0 saturated heterocycles. The molecule has 0 saturated carbocycles. The highest BCUT2D eigenvalue weighted by Gasteiger charge is 2.11. The summed E-state index contributed by atoms with van der Waals surface area (Å²) in [6.07, 6.45) is 21.1. The summed E-state index contributed by atoms with van der Waals surface area (Å²) in [6, 6.07) is 0.